The fourth-order valence-corrected chi connectivity index (χ4v) is 3.98. The molecule has 6 nitrogen and oxygen atoms in total. The van der Waals surface area contributed by atoms with Crippen LogP contribution in [0.4, 0.5) is 19.1 Å². The molecule has 0 saturated heterocycles. The largest absolute Gasteiger partial charge is 0.417 e. The van der Waals surface area contributed by atoms with Gasteiger partial charge in [0, 0.05) is 36.1 Å². The van der Waals surface area contributed by atoms with Crippen LogP contribution >= 0.6 is 11.6 Å². The molecule has 10 heteroatoms. The first-order chi connectivity index (χ1) is 16.8. The molecule has 3 aromatic heterocycles. The van der Waals surface area contributed by atoms with Crippen molar-refractivity contribution in [3.8, 4) is 22.5 Å². The predicted molar refractivity (Wildman–Crippen MR) is 133 cm³/mol. The Labute approximate surface area is 206 Å². The Bertz CT molecular complexity index is 1300. The van der Waals surface area contributed by atoms with Crippen LogP contribution in [0.1, 0.15) is 25.3 Å². The summed E-state index contributed by atoms with van der Waals surface area (Å²) in [4.78, 5) is 11.2. The number of aromatic nitrogens is 4. The van der Waals surface area contributed by atoms with Gasteiger partial charge >= 0.3 is 6.18 Å². The number of unbranched alkanes of at least 4 members (excludes halogenated alkanes) is 1. The van der Waals surface area contributed by atoms with Crippen molar-refractivity contribution in [3.05, 3.63) is 65.4 Å². The van der Waals surface area contributed by atoms with Gasteiger partial charge in [0.25, 0.3) is 0 Å². The number of hydrogen-bond donors (Lipinski definition) is 1. The lowest BCUT2D eigenvalue weighted by atomic mass is 10.0. The molecule has 0 spiro atoms. The highest BCUT2D eigenvalue weighted by Crippen LogP contribution is 2.37. The number of benzene rings is 1. The molecule has 4 rings (SSSR count). The van der Waals surface area contributed by atoms with Gasteiger partial charge in [-0.1, -0.05) is 37.1 Å². The third-order valence-electron chi connectivity index (χ3n) is 5.64. The molecule has 1 aromatic carbocycles. The van der Waals surface area contributed by atoms with Crippen molar-refractivity contribution in [2.45, 2.75) is 25.9 Å². The van der Waals surface area contributed by atoms with Gasteiger partial charge in [-0.05, 0) is 50.3 Å². The van der Waals surface area contributed by atoms with Gasteiger partial charge in [-0.3, -0.25) is 0 Å². The molecule has 184 valence electrons. The summed E-state index contributed by atoms with van der Waals surface area (Å²) in [6.07, 6.45) is 0.411. The van der Waals surface area contributed by atoms with Crippen LogP contribution in [-0.4, -0.2) is 51.2 Å². The second-order valence-corrected chi connectivity index (χ2v) is 8.76. The smallest absolute Gasteiger partial charge is 0.353 e. The molecule has 0 unspecified atom stereocenters. The zero-order valence-electron chi connectivity index (χ0n) is 19.5. The molecule has 1 N–H and O–H groups in total. The van der Waals surface area contributed by atoms with Gasteiger partial charge in [0.2, 0.25) is 5.95 Å². The summed E-state index contributed by atoms with van der Waals surface area (Å²) in [5.41, 5.74) is 2.02. The van der Waals surface area contributed by atoms with E-state index in [0.717, 1.165) is 38.2 Å². The minimum Gasteiger partial charge on any atom is -0.353 e. The first kappa shape index (κ1) is 24.9. The number of likely N-dealkylation sites (N-methyl/N-ethyl adjacent to an activating group) is 1. The van der Waals surface area contributed by atoms with E-state index in [0.29, 0.717) is 45.5 Å². The Hall–Kier alpha value is -3.17. The van der Waals surface area contributed by atoms with Crippen molar-refractivity contribution in [1.29, 1.82) is 0 Å². The average molecular weight is 503 g/mol. The van der Waals surface area contributed by atoms with E-state index in [2.05, 4.69) is 39.3 Å². The second kappa shape index (κ2) is 10.6. The first-order valence-electron chi connectivity index (χ1n) is 11.4. The summed E-state index contributed by atoms with van der Waals surface area (Å²) in [6, 6.07) is 11.2. The average Bonchev–Trinajstić information content (AvgIpc) is 3.21. The van der Waals surface area contributed by atoms with Crippen molar-refractivity contribution in [1.82, 2.24) is 24.5 Å². The van der Waals surface area contributed by atoms with E-state index in [-0.39, 0.29) is 0 Å². The lowest BCUT2D eigenvalue weighted by Gasteiger charge is -2.16. The Kier molecular flexibility index (Phi) is 7.57. The number of nitrogens with one attached hydrogen (secondary N) is 1. The number of rotatable bonds is 9. The summed E-state index contributed by atoms with van der Waals surface area (Å²) < 4.78 is 41.2. The van der Waals surface area contributed by atoms with Gasteiger partial charge in [0.15, 0.2) is 0 Å². The predicted octanol–water partition coefficient (Wildman–Crippen LogP) is 6.27. The number of fused-ring (bicyclic) bond motifs is 1. The zero-order valence-corrected chi connectivity index (χ0v) is 20.2. The quantitative estimate of drug-likeness (QED) is 0.292. The van der Waals surface area contributed by atoms with Crippen LogP contribution < -0.4 is 5.32 Å². The minimum atomic E-state index is -4.48. The van der Waals surface area contributed by atoms with Crippen molar-refractivity contribution in [3.63, 3.8) is 0 Å². The minimum absolute atomic E-state index is 0.440. The van der Waals surface area contributed by atoms with Gasteiger partial charge in [0.1, 0.15) is 5.69 Å². The van der Waals surface area contributed by atoms with Crippen LogP contribution in [0.15, 0.2) is 54.9 Å². The highest BCUT2D eigenvalue weighted by Gasteiger charge is 2.31. The number of anilines is 1. The molecule has 0 saturated carbocycles. The molecule has 35 heavy (non-hydrogen) atoms. The van der Waals surface area contributed by atoms with Crippen molar-refractivity contribution in [2.24, 2.45) is 0 Å². The van der Waals surface area contributed by atoms with E-state index >= 15 is 0 Å². The van der Waals surface area contributed by atoms with Crippen LogP contribution in [0.2, 0.25) is 5.02 Å². The summed E-state index contributed by atoms with van der Waals surface area (Å²) in [5, 5.41) is 8.23. The SMILES string of the molecule is CCCCN(C)CCNc1nccc(-c2c(-c3cccc(Cl)c3)nn3cc(C(F)(F)F)ccc23)n1. The molecule has 0 bridgehead atoms. The van der Waals surface area contributed by atoms with E-state index in [1.807, 2.05) is 6.07 Å². The van der Waals surface area contributed by atoms with Gasteiger partial charge in [-0.2, -0.15) is 18.3 Å². The highest BCUT2D eigenvalue weighted by atomic mass is 35.5. The second-order valence-electron chi connectivity index (χ2n) is 8.33. The summed E-state index contributed by atoms with van der Waals surface area (Å²) >= 11 is 6.19. The van der Waals surface area contributed by atoms with Crippen LogP contribution in [0.25, 0.3) is 28.0 Å². The third kappa shape index (κ3) is 5.91. The van der Waals surface area contributed by atoms with Gasteiger partial charge in [-0.25, -0.2) is 14.5 Å². The fourth-order valence-electron chi connectivity index (χ4n) is 3.79. The zero-order chi connectivity index (χ0) is 25.0. The molecular formula is C25H26ClF3N6. The molecule has 0 aliphatic carbocycles. The van der Waals surface area contributed by atoms with Crippen molar-refractivity contribution in [2.75, 3.05) is 32.0 Å². The van der Waals surface area contributed by atoms with Crippen LogP contribution in [0, 0.1) is 0 Å². The molecule has 0 aliphatic heterocycles. The molecule has 0 atom stereocenters. The molecule has 0 amide bonds. The number of pyridine rings is 1. The van der Waals surface area contributed by atoms with Gasteiger partial charge in [0.05, 0.1) is 22.3 Å². The Morgan fingerprint density at radius 1 is 1.11 bits per heavy atom. The monoisotopic (exact) mass is 502 g/mol. The van der Waals surface area contributed by atoms with E-state index in [9.17, 15) is 13.2 Å². The summed E-state index contributed by atoms with van der Waals surface area (Å²) in [7, 11) is 2.07. The van der Waals surface area contributed by atoms with E-state index in [4.69, 9.17) is 11.6 Å². The van der Waals surface area contributed by atoms with Gasteiger partial charge in [-0.15, -0.1) is 0 Å². The molecule has 4 aromatic rings. The summed E-state index contributed by atoms with van der Waals surface area (Å²) in [5.74, 6) is 0.440. The maximum absolute atomic E-state index is 13.3. The molecule has 0 radical (unpaired) electrons. The standard InChI is InChI=1S/C25H26ClF3N6/c1-3-4-13-34(2)14-12-31-24-30-11-10-20(32-24)22-21-9-8-18(25(27,28)29)16-35(21)33-23(22)17-6-5-7-19(26)15-17/h5-11,15-16H,3-4,12-14H2,1-2H3,(H,30,31,32). The van der Waals surface area contributed by atoms with Crippen LogP contribution in [0.3, 0.4) is 0 Å². The topological polar surface area (TPSA) is 58.3 Å². The van der Waals surface area contributed by atoms with E-state index < -0.39 is 11.7 Å². The lowest BCUT2D eigenvalue weighted by molar-refractivity contribution is -0.137. The Balaban J connectivity index is 1.72. The fraction of sp³-hybridized carbons (Fsp3) is 0.320. The number of halogens is 4. The Morgan fingerprint density at radius 2 is 1.94 bits per heavy atom. The van der Waals surface area contributed by atoms with Crippen LogP contribution in [0.5, 0.6) is 0 Å². The first-order valence-corrected chi connectivity index (χ1v) is 11.8. The lowest BCUT2D eigenvalue weighted by Crippen LogP contribution is -2.26. The van der Waals surface area contributed by atoms with E-state index in [1.54, 1.807) is 30.5 Å². The van der Waals surface area contributed by atoms with E-state index in [1.165, 1.54) is 10.6 Å². The van der Waals surface area contributed by atoms with Crippen molar-refractivity contribution < 1.29 is 13.2 Å². The van der Waals surface area contributed by atoms with Crippen LogP contribution in [-0.2, 0) is 6.18 Å². The Morgan fingerprint density at radius 3 is 2.69 bits per heavy atom. The number of alkyl halides is 3. The molecule has 0 aliphatic rings. The third-order valence-corrected chi connectivity index (χ3v) is 5.87. The van der Waals surface area contributed by atoms with Gasteiger partial charge < -0.3 is 10.2 Å². The number of hydrogen-bond acceptors (Lipinski definition) is 5. The summed E-state index contributed by atoms with van der Waals surface area (Å²) in [6.45, 7) is 4.67. The molecular weight excluding hydrogens is 477 g/mol. The number of nitrogens with zero attached hydrogens (tertiary/aromatic N) is 5. The molecule has 3 heterocycles. The van der Waals surface area contributed by atoms with Crippen molar-refractivity contribution >= 4 is 23.1 Å². The molecule has 0 fully saturated rings. The highest BCUT2D eigenvalue weighted by molar-refractivity contribution is 6.30. The maximum atomic E-state index is 13.3. The maximum Gasteiger partial charge on any atom is 0.417 e. The normalized spacial score (nSPS) is 12.0.